The summed E-state index contributed by atoms with van der Waals surface area (Å²) in [6.45, 7) is -0.583. The number of alkyl halides is 3. The predicted octanol–water partition coefficient (Wildman–Crippen LogP) is 3.69. The van der Waals surface area contributed by atoms with Gasteiger partial charge in [0.05, 0.1) is 0 Å². The van der Waals surface area contributed by atoms with Gasteiger partial charge in [-0.25, -0.2) is 4.39 Å². The number of halogens is 4. The van der Waals surface area contributed by atoms with Gasteiger partial charge in [-0.3, -0.25) is 0 Å². The van der Waals surface area contributed by atoms with Crippen molar-refractivity contribution in [2.24, 2.45) is 5.73 Å². The molecule has 2 N–H and O–H groups in total. The zero-order valence-electron chi connectivity index (χ0n) is 9.75. The van der Waals surface area contributed by atoms with Crippen LogP contribution in [0.15, 0.2) is 40.8 Å². The lowest BCUT2D eigenvalue weighted by Crippen LogP contribution is -2.27. The second-order valence-corrected chi connectivity index (χ2v) is 4.04. The summed E-state index contributed by atoms with van der Waals surface area (Å²) in [5.74, 6) is -2.25. The molecule has 0 saturated heterocycles. The van der Waals surface area contributed by atoms with Crippen molar-refractivity contribution in [3.63, 3.8) is 0 Å². The van der Waals surface area contributed by atoms with Gasteiger partial charge in [-0.1, -0.05) is 0 Å². The molecule has 0 fully saturated rings. The van der Waals surface area contributed by atoms with Gasteiger partial charge in [0.15, 0.2) is 0 Å². The number of hydrogen-bond donors (Lipinski definition) is 1. The minimum atomic E-state index is -4.45. The molecule has 1 aromatic heterocycles. The molecule has 2 aromatic rings. The Morgan fingerprint density at radius 2 is 1.68 bits per heavy atom. The quantitative estimate of drug-likeness (QED) is 0.866. The maximum atomic E-state index is 12.8. The fourth-order valence-corrected chi connectivity index (χ4v) is 1.72. The topological polar surface area (TPSA) is 39.2 Å². The van der Waals surface area contributed by atoms with E-state index in [0.29, 0.717) is 5.56 Å². The number of rotatable bonds is 3. The van der Waals surface area contributed by atoms with E-state index < -0.39 is 24.5 Å². The predicted molar refractivity (Wildman–Crippen MR) is 62.0 cm³/mol. The van der Waals surface area contributed by atoms with Crippen LogP contribution in [-0.2, 0) is 0 Å². The standard InChI is InChI=1S/C13H11F4NO/c14-9-3-1-8(2-4-9)11-5-6-12(19-11)10(7-18)13(15,16)17/h1-6,10H,7,18H2. The average molecular weight is 273 g/mol. The van der Waals surface area contributed by atoms with Crippen molar-refractivity contribution in [1.29, 1.82) is 0 Å². The van der Waals surface area contributed by atoms with Gasteiger partial charge in [0.1, 0.15) is 23.3 Å². The summed E-state index contributed by atoms with van der Waals surface area (Å²) in [4.78, 5) is 0. The summed E-state index contributed by atoms with van der Waals surface area (Å²) in [7, 11) is 0. The fraction of sp³-hybridized carbons (Fsp3) is 0.231. The number of hydrogen-bond acceptors (Lipinski definition) is 2. The molecule has 1 atom stereocenters. The largest absolute Gasteiger partial charge is 0.460 e. The SMILES string of the molecule is NCC(c1ccc(-c2ccc(F)cc2)o1)C(F)(F)F. The molecule has 0 spiro atoms. The molecule has 2 nitrogen and oxygen atoms in total. The highest BCUT2D eigenvalue weighted by atomic mass is 19.4. The molecule has 0 amide bonds. The Morgan fingerprint density at radius 1 is 1.05 bits per heavy atom. The average Bonchev–Trinajstić information content (AvgIpc) is 2.78. The molecule has 1 unspecified atom stereocenters. The molecule has 0 aliphatic heterocycles. The van der Waals surface area contributed by atoms with Crippen LogP contribution in [0.3, 0.4) is 0 Å². The maximum Gasteiger partial charge on any atom is 0.399 e. The molecule has 0 radical (unpaired) electrons. The Morgan fingerprint density at radius 3 is 2.21 bits per heavy atom. The maximum absolute atomic E-state index is 12.8. The van der Waals surface area contributed by atoms with Crippen molar-refractivity contribution in [3.8, 4) is 11.3 Å². The first-order valence-corrected chi connectivity index (χ1v) is 5.54. The zero-order valence-corrected chi connectivity index (χ0v) is 9.75. The third kappa shape index (κ3) is 2.96. The Hall–Kier alpha value is -1.82. The molecule has 19 heavy (non-hydrogen) atoms. The van der Waals surface area contributed by atoms with Crippen molar-refractivity contribution < 1.29 is 22.0 Å². The van der Waals surface area contributed by atoms with Crippen molar-refractivity contribution in [2.45, 2.75) is 12.1 Å². The summed E-state index contributed by atoms with van der Waals surface area (Å²) < 4.78 is 56.0. The first-order valence-electron chi connectivity index (χ1n) is 5.54. The zero-order chi connectivity index (χ0) is 14.0. The summed E-state index contributed by atoms with van der Waals surface area (Å²) >= 11 is 0. The molecule has 2 rings (SSSR count). The van der Waals surface area contributed by atoms with Gasteiger partial charge in [0.25, 0.3) is 0 Å². The van der Waals surface area contributed by atoms with Crippen molar-refractivity contribution in [2.75, 3.05) is 6.54 Å². The Kier molecular flexibility index (Phi) is 3.61. The Labute approximate surface area is 106 Å². The van der Waals surface area contributed by atoms with E-state index in [1.807, 2.05) is 0 Å². The molecule has 102 valence electrons. The van der Waals surface area contributed by atoms with Crippen LogP contribution in [0.5, 0.6) is 0 Å². The van der Waals surface area contributed by atoms with Gasteiger partial charge in [0, 0.05) is 12.1 Å². The first kappa shape index (κ1) is 13.6. The fourth-order valence-electron chi connectivity index (χ4n) is 1.72. The van der Waals surface area contributed by atoms with Crippen molar-refractivity contribution in [3.05, 3.63) is 48.0 Å². The van der Waals surface area contributed by atoms with Gasteiger partial charge < -0.3 is 10.2 Å². The lowest BCUT2D eigenvalue weighted by Gasteiger charge is -2.15. The number of benzene rings is 1. The monoisotopic (exact) mass is 273 g/mol. The Balaban J connectivity index is 2.30. The lowest BCUT2D eigenvalue weighted by atomic mass is 10.1. The molecule has 1 aromatic carbocycles. The van der Waals surface area contributed by atoms with Crippen LogP contribution in [0.2, 0.25) is 0 Å². The van der Waals surface area contributed by atoms with Crippen LogP contribution in [0, 0.1) is 5.82 Å². The normalized spacial score (nSPS) is 13.5. The van der Waals surface area contributed by atoms with Crippen LogP contribution in [0.4, 0.5) is 17.6 Å². The number of furan rings is 1. The van der Waals surface area contributed by atoms with E-state index in [1.54, 1.807) is 0 Å². The van der Waals surface area contributed by atoms with E-state index in [4.69, 9.17) is 10.2 Å². The van der Waals surface area contributed by atoms with Crippen molar-refractivity contribution >= 4 is 0 Å². The van der Waals surface area contributed by atoms with Crippen molar-refractivity contribution in [1.82, 2.24) is 0 Å². The Bertz CT molecular complexity index is 545. The number of nitrogens with two attached hydrogens (primary N) is 1. The molecule has 0 aliphatic carbocycles. The molecule has 1 heterocycles. The van der Waals surface area contributed by atoms with Crippen LogP contribution in [0.1, 0.15) is 11.7 Å². The van der Waals surface area contributed by atoms with Gasteiger partial charge in [-0.15, -0.1) is 0 Å². The van der Waals surface area contributed by atoms with Crippen LogP contribution < -0.4 is 5.73 Å². The minimum Gasteiger partial charge on any atom is -0.460 e. The van der Waals surface area contributed by atoms with E-state index in [2.05, 4.69) is 0 Å². The summed E-state index contributed by atoms with van der Waals surface area (Å²) in [6, 6.07) is 7.94. The van der Waals surface area contributed by atoms with E-state index in [-0.39, 0.29) is 11.5 Å². The molecule has 0 aliphatic rings. The minimum absolute atomic E-state index is 0.241. The molecule has 0 saturated carbocycles. The highest BCUT2D eigenvalue weighted by molar-refractivity contribution is 5.57. The lowest BCUT2D eigenvalue weighted by molar-refractivity contribution is -0.151. The van der Waals surface area contributed by atoms with E-state index in [9.17, 15) is 17.6 Å². The van der Waals surface area contributed by atoms with Gasteiger partial charge >= 0.3 is 6.18 Å². The highest BCUT2D eigenvalue weighted by Crippen LogP contribution is 2.36. The summed E-state index contributed by atoms with van der Waals surface area (Å²) in [5, 5.41) is 0. The summed E-state index contributed by atoms with van der Waals surface area (Å²) in [5.41, 5.74) is 5.63. The molecule has 0 bridgehead atoms. The molecule has 6 heteroatoms. The van der Waals surface area contributed by atoms with Crippen LogP contribution >= 0.6 is 0 Å². The van der Waals surface area contributed by atoms with Crippen LogP contribution in [0.25, 0.3) is 11.3 Å². The van der Waals surface area contributed by atoms with Gasteiger partial charge in [-0.05, 0) is 36.4 Å². The van der Waals surface area contributed by atoms with Gasteiger partial charge in [-0.2, -0.15) is 13.2 Å². The summed E-state index contributed by atoms with van der Waals surface area (Å²) in [6.07, 6.45) is -4.45. The van der Waals surface area contributed by atoms with Gasteiger partial charge in [0.2, 0.25) is 0 Å². The smallest absolute Gasteiger partial charge is 0.399 e. The van der Waals surface area contributed by atoms with E-state index in [1.165, 1.54) is 36.4 Å². The van der Waals surface area contributed by atoms with E-state index >= 15 is 0 Å². The van der Waals surface area contributed by atoms with Crippen LogP contribution in [-0.4, -0.2) is 12.7 Å². The third-order valence-electron chi connectivity index (χ3n) is 2.73. The first-order chi connectivity index (χ1) is 8.91. The molecular formula is C13H11F4NO. The van der Waals surface area contributed by atoms with E-state index in [0.717, 1.165) is 0 Å². The third-order valence-corrected chi connectivity index (χ3v) is 2.73. The molecular weight excluding hydrogens is 262 g/mol. The second-order valence-electron chi connectivity index (χ2n) is 4.04. The highest BCUT2D eigenvalue weighted by Gasteiger charge is 2.41. The second kappa shape index (κ2) is 5.05.